The minimum atomic E-state index is -4.53. The normalized spacial score (nSPS) is 18.9. The molecule has 2 amide bonds. The molecule has 1 saturated heterocycles. The Bertz CT molecular complexity index is 1080. The van der Waals surface area contributed by atoms with Gasteiger partial charge in [-0.05, 0) is 74.9 Å². The fourth-order valence-corrected chi connectivity index (χ4v) is 5.65. The molecule has 1 fully saturated rings. The molecule has 10 heteroatoms. The molecule has 1 aromatic carbocycles. The van der Waals surface area contributed by atoms with Crippen molar-refractivity contribution >= 4 is 34.9 Å². The second kappa shape index (κ2) is 10.4. The maximum atomic E-state index is 13.5. The summed E-state index contributed by atoms with van der Waals surface area (Å²) in [6, 6.07) is 5.30. The molecular formula is C25H30ClF3N2O3S. The molecule has 2 heterocycles. The van der Waals surface area contributed by atoms with Crippen LogP contribution in [0.15, 0.2) is 29.6 Å². The van der Waals surface area contributed by atoms with Crippen molar-refractivity contribution in [2.45, 2.75) is 58.4 Å². The number of hydrogen-bond acceptors (Lipinski definition) is 4. The van der Waals surface area contributed by atoms with Crippen LogP contribution in [0.4, 0.5) is 18.0 Å². The van der Waals surface area contributed by atoms with Crippen LogP contribution < -0.4 is 0 Å². The van der Waals surface area contributed by atoms with Crippen LogP contribution >= 0.6 is 22.9 Å². The zero-order valence-corrected chi connectivity index (χ0v) is 22.0. The number of rotatable bonds is 4. The number of likely N-dealkylation sites (tertiary alicyclic amines) is 1. The van der Waals surface area contributed by atoms with Crippen LogP contribution in [0, 0.1) is 12.8 Å². The van der Waals surface area contributed by atoms with Crippen LogP contribution in [0.1, 0.15) is 54.7 Å². The van der Waals surface area contributed by atoms with Crippen molar-refractivity contribution in [1.82, 2.24) is 9.80 Å². The van der Waals surface area contributed by atoms with E-state index in [1.807, 2.05) is 18.4 Å². The number of carbonyl (C=O) groups is 2. The lowest BCUT2D eigenvalue weighted by Crippen LogP contribution is -2.48. The molecule has 2 aromatic rings. The molecule has 0 bridgehead atoms. The molecule has 0 aliphatic carbocycles. The molecule has 3 rings (SSSR count). The molecule has 1 aliphatic heterocycles. The number of aryl methyl sites for hydroxylation is 1. The van der Waals surface area contributed by atoms with Crippen LogP contribution in [0.25, 0.3) is 0 Å². The Kier molecular flexibility index (Phi) is 8.11. The molecule has 35 heavy (non-hydrogen) atoms. The summed E-state index contributed by atoms with van der Waals surface area (Å²) in [5, 5.41) is 1.92. The van der Waals surface area contributed by atoms with Gasteiger partial charge in [0.2, 0.25) is 5.91 Å². The van der Waals surface area contributed by atoms with Crippen molar-refractivity contribution in [2.75, 3.05) is 20.1 Å². The average Bonchev–Trinajstić information content (AvgIpc) is 3.16. The zero-order valence-electron chi connectivity index (χ0n) is 20.4. The van der Waals surface area contributed by atoms with Crippen LogP contribution in [0.2, 0.25) is 5.02 Å². The number of alkyl halides is 3. The van der Waals surface area contributed by atoms with Gasteiger partial charge in [0.15, 0.2) is 0 Å². The van der Waals surface area contributed by atoms with Gasteiger partial charge in [0.1, 0.15) is 5.60 Å². The molecule has 0 saturated carbocycles. The first-order valence-corrected chi connectivity index (χ1v) is 12.5. The van der Waals surface area contributed by atoms with Gasteiger partial charge < -0.3 is 14.5 Å². The third-order valence-electron chi connectivity index (χ3n) is 5.90. The van der Waals surface area contributed by atoms with Crippen molar-refractivity contribution in [3.05, 3.63) is 56.2 Å². The minimum absolute atomic E-state index is 0.00903. The lowest BCUT2D eigenvalue weighted by Gasteiger charge is -2.39. The van der Waals surface area contributed by atoms with Gasteiger partial charge in [0.05, 0.1) is 5.56 Å². The second-order valence-electron chi connectivity index (χ2n) is 9.94. The smallest absolute Gasteiger partial charge is 0.416 e. The first-order valence-electron chi connectivity index (χ1n) is 11.3. The van der Waals surface area contributed by atoms with Crippen LogP contribution in [0.5, 0.6) is 0 Å². The highest BCUT2D eigenvalue weighted by Crippen LogP contribution is 2.39. The van der Waals surface area contributed by atoms with E-state index in [-0.39, 0.29) is 23.4 Å². The topological polar surface area (TPSA) is 49.9 Å². The zero-order chi connectivity index (χ0) is 26.1. The van der Waals surface area contributed by atoms with Gasteiger partial charge in [-0.15, -0.1) is 11.3 Å². The van der Waals surface area contributed by atoms with Gasteiger partial charge in [0, 0.05) is 48.4 Å². The Labute approximate surface area is 212 Å². The molecule has 5 nitrogen and oxygen atoms in total. The summed E-state index contributed by atoms with van der Waals surface area (Å²) in [7, 11) is 1.58. The van der Waals surface area contributed by atoms with Gasteiger partial charge in [-0.3, -0.25) is 4.79 Å². The van der Waals surface area contributed by atoms with E-state index in [1.54, 1.807) is 32.7 Å². The SMILES string of the molecule is Cc1ccsc1[C@H]1CN(C(=O)OC(C)(C)C)CC[C@@H]1C(=O)N(C)Cc1cc(Cl)cc(C(F)(F)F)c1. The van der Waals surface area contributed by atoms with Crippen molar-refractivity contribution in [2.24, 2.45) is 5.92 Å². The monoisotopic (exact) mass is 530 g/mol. The number of carbonyl (C=O) groups excluding carboxylic acids is 2. The van der Waals surface area contributed by atoms with Gasteiger partial charge in [0.25, 0.3) is 0 Å². The van der Waals surface area contributed by atoms with Gasteiger partial charge in [-0.25, -0.2) is 4.79 Å². The molecule has 0 unspecified atom stereocenters. The number of thiophene rings is 1. The van der Waals surface area contributed by atoms with Gasteiger partial charge in [-0.2, -0.15) is 13.2 Å². The molecule has 0 radical (unpaired) electrons. The van der Waals surface area contributed by atoms with E-state index >= 15 is 0 Å². The van der Waals surface area contributed by atoms with Gasteiger partial charge in [-0.1, -0.05) is 11.6 Å². The Morgan fingerprint density at radius 3 is 2.49 bits per heavy atom. The van der Waals surface area contributed by atoms with E-state index in [1.165, 1.54) is 22.3 Å². The van der Waals surface area contributed by atoms with E-state index in [0.29, 0.717) is 25.1 Å². The number of benzene rings is 1. The fraction of sp³-hybridized carbons (Fsp3) is 0.520. The number of nitrogens with zero attached hydrogens (tertiary/aromatic N) is 2. The summed E-state index contributed by atoms with van der Waals surface area (Å²) in [6.07, 6.45) is -4.53. The lowest BCUT2D eigenvalue weighted by molar-refractivity contribution is -0.137. The fourth-order valence-electron chi connectivity index (χ4n) is 4.31. The number of halogens is 4. The summed E-state index contributed by atoms with van der Waals surface area (Å²) in [6.45, 7) is 8.05. The minimum Gasteiger partial charge on any atom is -0.444 e. The Balaban J connectivity index is 1.82. The first kappa shape index (κ1) is 27.3. The van der Waals surface area contributed by atoms with Gasteiger partial charge >= 0.3 is 12.3 Å². The standard InChI is InChI=1S/C25H30ClF3N2O3S/c1-15-7-9-35-21(15)20-14-31(23(33)34-24(2,3)4)8-6-19(20)22(32)30(5)13-16-10-17(25(27,28)29)12-18(26)11-16/h7,9-12,19-20H,6,8,13-14H2,1-5H3/t19-,20-/m0/s1. The van der Waals surface area contributed by atoms with Crippen LogP contribution in [-0.2, 0) is 22.3 Å². The first-order chi connectivity index (χ1) is 16.2. The molecule has 1 aromatic heterocycles. The van der Waals surface area contributed by atoms with E-state index in [2.05, 4.69) is 0 Å². The lowest BCUT2D eigenvalue weighted by atomic mass is 9.82. The highest BCUT2D eigenvalue weighted by molar-refractivity contribution is 7.10. The summed E-state index contributed by atoms with van der Waals surface area (Å²) in [5.74, 6) is -0.839. The molecule has 0 spiro atoms. The third-order valence-corrected chi connectivity index (χ3v) is 7.27. The third kappa shape index (κ3) is 6.91. The second-order valence-corrected chi connectivity index (χ2v) is 11.3. The Morgan fingerprint density at radius 1 is 1.23 bits per heavy atom. The predicted molar refractivity (Wildman–Crippen MR) is 131 cm³/mol. The van der Waals surface area contributed by atoms with E-state index in [4.69, 9.17) is 16.3 Å². The van der Waals surface area contributed by atoms with E-state index in [9.17, 15) is 22.8 Å². The highest BCUT2D eigenvalue weighted by Gasteiger charge is 2.40. The van der Waals surface area contributed by atoms with Crippen LogP contribution in [0.3, 0.4) is 0 Å². The summed E-state index contributed by atoms with van der Waals surface area (Å²) >= 11 is 7.45. The number of piperidine rings is 1. The number of ether oxygens (including phenoxy) is 1. The molecule has 2 atom stereocenters. The molecule has 192 valence electrons. The largest absolute Gasteiger partial charge is 0.444 e. The summed E-state index contributed by atoms with van der Waals surface area (Å²) < 4.78 is 45.2. The maximum absolute atomic E-state index is 13.5. The van der Waals surface area contributed by atoms with Crippen molar-refractivity contribution in [1.29, 1.82) is 0 Å². The Hall–Kier alpha value is -2.26. The maximum Gasteiger partial charge on any atom is 0.416 e. The Morgan fingerprint density at radius 2 is 1.91 bits per heavy atom. The quantitative estimate of drug-likeness (QED) is 0.440. The molecular weight excluding hydrogens is 501 g/mol. The van der Waals surface area contributed by atoms with Crippen LogP contribution in [-0.4, -0.2) is 47.5 Å². The van der Waals surface area contributed by atoms with Crippen molar-refractivity contribution in [3.63, 3.8) is 0 Å². The van der Waals surface area contributed by atoms with Crippen molar-refractivity contribution < 1.29 is 27.5 Å². The molecule has 0 N–H and O–H groups in total. The number of hydrogen-bond donors (Lipinski definition) is 0. The van der Waals surface area contributed by atoms with E-state index in [0.717, 1.165) is 22.6 Å². The predicted octanol–water partition coefficient (Wildman–Crippen LogP) is 6.73. The highest BCUT2D eigenvalue weighted by atomic mass is 35.5. The number of amides is 2. The average molecular weight is 531 g/mol. The van der Waals surface area contributed by atoms with Crippen molar-refractivity contribution in [3.8, 4) is 0 Å². The summed E-state index contributed by atoms with van der Waals surface area (Å²) in [4.78, 5) is 30.3. The summed E-state index contributed by atoms with van der Waals surface area (Å²) in [5.41, 5.74) is -0.143. The van der Waals surface area contributed by atoms with E-state index < -0.39 is 29.4 Å². The molecule has 1 aliphatic rings.